The van der Waals surface area contributed by atoms with Crippen molar-refractivity contribution in [2.45, 2.75) is 13.8 Å². The molecule has 0 bridgehead atoms. The molecule has 0 radical (unpaired) electrons. The fourth-order valence-electron chi connectivity index (χ4n) is 3.02. The highest BCUT2D eigenvalue weighted by Gasteiger charge is 2.17. The van der Waals surface area contributed by atoms with Gasteiger partial charge in [0.05, 0.1) is 16.6 Å². The Labute approximate surface area is 155 Å². The lowest BCUT2D eigenvalue weighted by Gasteiger charge is -2.10. The molecule has 0 amide bonds. The molecular weight excluding hydrogens is 340 g/mol. The van der Waals surface area contributed by atoms with Crippen molar-refractivity contribution in [2.75, 3.05) is 5.32 Å². The van der Waals surface area contributed by atoms with Gasteiger partial charge >= 0.3 is 0 Å². The Morgan fingerprint density at radius 2 is 1.77 bits per heavy atom. The quantitative estimate of drug-likeness (QED) is 0.520. The number of hydrogen-bond donors (Lipinski definition) is 1. The summed E-state index contributed by atoms with van der Waals surface area (Å²) in [6.45, 7) is 4.19. The summed E-state index contributed by atoms with van der Waals surface area (Å²) >= 11 is 1.66. The molecular formula is C21H16N4S. The summed E-state index contributed by atoms with van der Waals surface area (Å²) < 4.78 is 0. The number of thiophene rings is 1. The Hall–Kier alpha value is -3.23. The first-order valence-corrected chi connectivity index (χ1v) is 9.06. The first-order chi connectivity index (χ1) is 12.7. The lowest BCUT2D eigenvalue weighted by atomic mass is 10.0. The second kappa shape index (κ2) is 6.58. The first-order valence-electron chi connectivity index (χ1n) is 8.24. The van der Waals surface area contributed by atoms with Gasteiger partial charge < -0.3 is 5.32 Å². The summed E-state index contributed by atoms with van der Waals surface area (Å²) in [5.74, 6) is 0.720. The van der Waals surface area contributed by atoms with E-state index in [1.54, 1.807) is 23.7 Å². The maximum Gasteiger partial charge on any atom is 0.143 e. The number of aromatic nitrogens is 2. The second-order valence-electron chi connectivity index (χ2n) is 6.08. The van der Waals surface area contributed by atoms with Crippen LogP contribution in [0.15, 0.2) is 54.9 Å². The van der Waals surface area contributed by atoms with Gasteiger partial charge in [0.15, 0.2) is 0 Å². The fraction of sp³-hybridized carbons (Fsp3) is 0.0952. The molecule has 0 saturated heterocycles. The van der Waals surface area contributed by atoms with Crippen molar-refractivity contribution in [2.24, 2.45) is 0 Å². The summed E-state index contributed by atoms with van der Waals surface area (Å²) in [6, 6.07) is 18.1. The topological polar surface area (TPSA) is 61.6 Å². The smallest absolute Gasteiger partial charge is 0.143 e. The molecule has 26 heavy (non-hydrogen) atoms. The lowest BCUT2D eigenvalue weighted by Crippen LogP contribution is -1.97. The third kappa shape index (κ3) is 2.81. The maximum atomic E-state index is 9.35. The van der Waals surface area contributed by atoms with Gasteiger partial charge in [0, 0.05) is 10.4 Å². The molecule has 4 rings (SSSR count). The van der Waals surface area contributed by atoms with Crippen molar-refractivity contribution < 1.29 is 0 Å². The van der Waals surface area contributed by atoms with Gasteiger partial charge in [0.2, 0.25) is 0 Å². The zero-order valence-electron chi connectivity index (χ0n) is 14.4. The van der Waals surface area contributed by atoms with Crippen LogP contribution in [0, 0.1) is 25.2 Å². The van der Waals surface area contributed by atoms with Crippen molar-refractivity contribution in [1.82, 2.24) is 9.97 Å². The molecule has 0 fully saturated rings. The Balaban J connectivity index is 1.91. The number of nitrogens with zero attached hydrogens (tertiary/aromatic N) is 3. The molecule has 2 aromatic carbocycles. The number of benzene rings is 2. The van der Waals surface area contributed by atoms with Crippen LogP contribution >= 0.6 is 11.3 Å². The number of nitriles is 1. The van der Waals surface area contributed by atoms with Crippen LogP contribution in [0.4, 0.5) is 11.5 Å². The van der Waals surface area contributed by atoms with Crippen LogP contribution in [-0.4, -0.2) is 9.97 Å². The van der Waals surface area contributed by atoms with E-state index in [2.05, 4.69) is 59.5 Å². The van der Waals surface area contributed by atoms with E-state index in [0.717, 1.165) is 32.8 Å². The van der Waals surface area contributed by atoms with Crippen LogP contribution < -0.4 is 5.32 Å². The minimum Gasteiger partial charge on any atom is -0.338 e. The average molecular weight is 356 g/mol. The molecule has 4 nitrogen and oxygen atoms in total. The van der Waals surface area contributed by atoms with Crippen molar-refractivity contribution in [1.29, 1.82) is 5.26 Å². The van der Waals surface area contributed by atoms with E-state index in [4.69, 9.17) is 0 Å². The summed E-state index contributed by atoms with van der Waals surface area (Å²) in [4.78, 5) is 11.1. The monoisotopic (exact) mass is 356 g/mol. The summed E-state index contributed by atoms with van der Waals surface area (Å²) in [5, 5.41) is 13.7. The molecule has 0 spiro atoms. The third-order valence-electron chi connectivity index (χ3n) is 4.31. The maximum absolute atomic E-state index is 9.35. The van der Waals surface area contributed by atoms with Gasteiger partial charge in [-0.2, -0.15) is 5.26 Å². The highest BCUT2D eigenvalue weighted by molar-refractivity contribution is 7.19. The fourth-order valence-corrected chi connectivity index (χ4v) is 4.04. The van der Waals surface area contributed by atoms with Crippen LogP contribution in [0.2, 0.25) is 0 Å². The van der Waals surface area contributed by atoms with Crippen molar-refractivity contribution >= 4 is 33.1 Å². The molecule has 2 aromatic heterocycles. The number of nitrogens with one attached hydrogen (secondary N) is 1. The van der Waals surface area contributed by atoms with Gasteiger partial charge in [-0.15, -0.1) is 11.3 Å². The Kier molecular flexibility index (Phi) is 4.11. The molecule has 1 N–H and O–H groups in total. The number of anilines is 2. The zero-order valence-corrected chi connectivity index (χ0v) is 15.3. The molecule has 0 unspecified atom stereocenters. The van der Waals surface area contributed by atoms with Gasteiger partial charge in [-0.05, 0) is 31.5 Å². The van der Waals surface area contributed by atoms with Crippen LogP contribution in [0.5, 0.6) is 0 Å². The Morgan fingerprint density at radius 1 is 1.00 bits per heavy atom. The third-order valence-corrected chi connectivity index (χ3v) is 5.32. The van der Waals surface area contributed by atoms with E-state index < -0.39 is 0 Å². The van der Waals surface area contributed by atoms with Gasteiger partial charge in [-0.25, -0.2) is 9.97 Å². The average Bonchev–Trinajstić information content (AvgIpc) is 3.00. The molecule has 0 atom stereocenters. The van der Waals surface area contributed by atoms with E-state index in [9.17, 15) is 5.26 Å². The Morgan fingerprint density at radius 3 is 2.54 bits per heavy atom. The number of para-hydroxylation sites is 1. The zero-order chi connectivity index (χ0) is 18.1. The summed E-state index contributed by atoms with van der Waals surface area (Å²) in [5.41, 5.74) is 4.84. The highest BCUT2D eigenvalue weighted by Crippen LogP contribution is 2.41. The van der Waals surface area contributed by atoms with Crippen molar-refractivity contribution in [3.05, 3.63) is 70.9 Å². The second-order valence-corrected chi connectivity index (χ2v) is 7.29. The van der Waals surface area contributed by atoms with Crippen molar-refractivity contribution in [3.8, 4) is 17.2 Å². The summed E-state index contributed by atoms with van der Waals surface area (Å²) in [6.07, 6.45) is 1.56. The minimum atomic E-state index is 0.586. The van der Waals surface area contributed by atoms with Crippen LogP contribution in [-0.2, 0) is 0 Å². The largest absolute Gasteiger partial charge is 0.338 e. The van der Waals surface area contributed by atoms with E-state index in [1.807, 2.05) is 18.2 Å². The molecule has 4 aromatic rings. The number of fused-ring (bicyclic) bond motifs is 1. The van der Waals surface area contributed by atoms with E-state index in [1.165, 1.54) is 10.4 Å². The predicted octanol–water partition coefficient (Wildman–Crippen LogP) is 5.59. The van der Waals surface area contributed by atoms with Gasteiger partial charge in [0.1, 0.15) is 23.0 Å². The first kappa shape index (κ1) is 16.2. The number of hydrogen-bond acceptors (Lipinski definition) is 5. The minimum absolute atomic E-state index is 0.586. The number of aryl methyl sites for hydroxylation is 2. The van der Waals surface area contributed by atoms with Gasteiger partial charge in [-0.1, -0.05) is 42.0 Å². The molecule has 0 saturated carbocycles. The van der Waals surface area contributed by atoms with Crippen LogP contribution in [0.3, 0.4) is 0 Å². The predicted molar refractivity (Wildman–Crippen MR) is 107 cm³/mol. The number of rotatable bonds is 3. The standard InChI is InChI=1S/C21H16N4S/c1-13-7-9-15(10-8-13)18-14(2)26-21-19(18)20(23-12-24-21)25-17-6-4-3-5-16(17)11-22/h3-10,12H,1-2H3,(H,23,24,25). The van der Waals surface area contributed by atoms with Crippen LogP contribution in [0.1, 0.15) is 16.0 Å². The van der Waals surface area contributed by atoms with E-state index >= 15 is 0 Å². The van der Waals surface area contributed by atoms with Crippen LogP contribution in [0.25, 0.3) is 21.3 Å². The molecule has 5 heteroatoms. The van der Waals surface area contributed by atoms with Gasteiger partial charge in [0.25, 0.3) is 0 Å². The molecule has 126 valence electrons. The van der Waals surface area contributed by atoms with Crippen molar-refractivity contribution in [3.63, 3.8) is 0 Å². The normalized spacial score (nSPS) is 10.7. The molecule has 0 aliphatic carbocycles. The summed E-state index contributed by atoms with van der Waals surface area (Å²) in [7, 11) is 0. The SMILES string of the molecule is Cc1ccc(-c2c(C)sc3ncnc(Nc4ccccc4C#N)c23)cc1. The lowest BCUT2D eigenvalue weighted by molar-refractivity contribution is 1.23. The van der Waals surface area contributed by atoms with E-state index in [0.29, 0.717) is 5.56 Å². The highest BCUT2D eigenvalue weighted by atomic mass is 32.1. The van der Waals surface area contributed by atoms with E-state index in [-0.39, 0.29) is 0 Å². The Bertz CT molecular complexity index is 1140. The molecule has 0 aliphatic heterocycles. The van der Waals surface area contributed by atoms with Gasteiger partial charge in [-0.3, -0.25) is 0 Å². The molecule has 0 aliphatic rings. The molecule has 2 heterocycles.